The van der Waals surface area contributed by atoms with Crippen molar-refractivity contribution in [2.75, 3.05) is 6.61 Å². The molecule has 0 amide bonds. The molecular formula is C26H35FO6. The summed E-state index contributed by atoms with van der Waals surface area (Å²) in [6.07, 6.45) is 4.44. The summed E-state index contributed by atoms with van der Waals surface area (Å²) in [6, 6.07) is 0. The number of halogens is 1. The Morgan fingerprint density at radius 2 is 1.88 bits per heavy atom. The second-order valence-electron chi connectivity index (χ2n) is 11.9. The number of ketones is 2. The number of allylic oxidation sites excluding steroid dienone is 4. The van der Waals surface area contributed by atoms with Crippen molar-refractivity contribution in [3.05, 3.63) is 23.8 Å². The largest absolute Gasteiger partial charge is 0.457 e. The fraction of sp³-hybridized carbons (Fsp3) is 0.731. The number of rotatable bonds is 3. The molecule has 0 aliphatic heterocycles. The van der Waals surface area contributed by atoms with Gasteiger partial charge in [-0.15, -0.1) is 0 Å². The molecule has 0 spiro atoms. The maximum atomic E-state index is 17.0. The van der Waals surface area contributed by atoms with E-state index in [1.807, 2.05) is 0 Å². The van der Waals surface area contributed by atoms with Crippen LogP contribution < -0.4 is 0 Å². The number of Topliss-reactive ketones (excluding diaryl/α,β-unsaturated/α-hetero) is 1. The van der Waals surface area contributed by atoms with Crippen LogP contribution in [-0.2, 0) is 19.1 Å². The molecule has 2 N–H and O–H groups in total. The van der Waals surface area contributed by atoms with E-state index in [2.05, 4.69) is 0 Å². The molecule has 7 atom stereocenters. The smallest absolute Gasteiger partial charge is 0.311 e. The van der Waals surface area contributed by atoms with Crippen molar-refractivity contribution in [3.63, 3.8) is 0 Å². The first-order valence-corrected chi connectivity index (χ1v) is 11.9. The van der Waals surface area contributed by atoms with Gasteiger partial charge in [0, 0.05) is 16.7 Å². The van der Waals surface area contributed by atoms with Crippen molar-refractivity contribution in [1.82, 2.24) is 0 Å². The Morgan fingerprint density at radius 3 is 2.52 bits per heavy atom. The van der Waals surface area contributed by atoms with E-state index in [1.165, 1.54) is 12.2 Å². The molecule has 0 aromatic heterocycles. The summed E-state index contributed by atoms with van der Waals surface area (Å²) in [4.78, 5) is 37.2. The monoisotopic (exact) mass is 462 g/mol. The van der Waals surface area contributed by atoms with Crippen LogP contribution in [0.15, 0.2) is 23.8 Å². The Kier molecular flexibility index (Phi) is 5.38. The van der Waals surface area contributed by atoms with Crippen LogP contribution in [0.1, 0.15) is 66.7 Å². The second-order valence-corrected chi connectivity index (χ2v) is 11.9. The number of aliphatic hydroxyl groups is 2. The van der Waals surface area contributed by atoms with Crippen molar-refractivity contribution in [2.45, 2.75) is 84.1 Å². The summed E-state index contributed by atoms with van der Waals surface area (Å²) in [5.41, 5.74) is -6.08. The van der Waals surface area contributed by atoms with Crippen LogP contribution in [0.2, 0.25) is 0 Å². The lowest BCUT2D eigenvalue weighted by Gasteiger charge is -2.62. The normalized spacial score (nSPS) is 44.4. The Morgan fingerprint density at radius 1 is 1.21 bits per heavy atom. The minimum absolute atomic E-state index is 0.0925. The molecule has 4 rings (SSSR count). The van der Waals surface area contributed by atoms with Crippen molar-refractivity contribution >= 4 is 17.5 Å². The molecule has 0 aromatic rings. The number of alkyl halides is 1. The zero-order chi connectivity index (χ0) is 24.6. The molecule has 0 saturated heterocycles. The van der Waals surface area contributed by atoms with Crippen LogP contribution in [0.5, 0.6) is 0 Å². The van der Waals surface area contributed by atoms with Gasteiger partial charge < -0.3 is 14.9 Å². The molecule has 4 aliphatic rings. The van der Waals surface area contributed by atoms with Crippen LogP contribution >= 0.6 is 0 Å². The SMILES string of the molecule is CC(C)(C)C(=O)OCC(=O)[C@@]1(O)CC[C@H]2[C@@H]3CCC4=CC(=O)C=C[C@]4(C)[C@@]3(F)[C@@H](O)C[C@@]21C. The van der Waals surface area contributed by atoms with Crippen LogP contribution in [0.3, 0.4) is 0 Å². The zero-order valence-electron chi connectivity index (χ0n) is 20.1. The Balaban J connectivity index is 1.64. The zero-order valence-corrected chi connectivity index (χ0v) is 20.1. The molecule has 6 nitrogen and oxygen atoms in total. The molecule has 182 valence electrons. The number of carbonyl (C=O) groups excluding carboxylic acids is 3. The molecule has 4 aliphatic carbocycles. The predicted octanol–water partition coefficient (Wildman–Crippen LogP) is 3.25. The quantitative estimate of drug-likeness (QED) is 0.625. The summed E-state index contributed by atoms with van der Waals surface area (Å²) in [5.74, 6) is -2.23. The topological polar surface area (TPSA) is 101 Å². The van der Waals surface area contributed by atoms with Gasteiger partial charge in [0.1, 0.15) is 5.60 Å². The average molecular weight is 463 g/mol. The van der Waals surface area contributed by atoms with Gasteiger partial charge in [-0.05, 0) is 77.9 Å². The molecule has 0 unspecified atom stereocenters. The summed E-state index contributed by atoms with van der Waals surface area (Å²) >= 11 is 0. The molecule has 0 aromatic carbocycles. The van der Waals surface area contributed by atoms with Gasteiger partial charge in [-0.2, -0.15) is 0 Å². The lowest BCUT2D eigenvalue weighted by molar-refractivity contribution is -0.217. The van der Waals surface area contributed by atoms with Gasteiger partial charge in [-0.1, -0.05) is 18.6 Å². The Bertz CT molecular complexity index is 962. The third-order valence-corrected chi connectivity index (χ3v) is 9.20. The number of esters is 1. The number of carbonyl (C=O) groups is 3. The van der Waals surface area contributed by atoms with Crippen molar-refractivity contribution in [2.24, 2.45) is 28.1 Å². The van der Waals surface area contributed by atoms with E-state index < -0.39 is 57.9 Å². The summed E-state index contributed by atoms with van der Waals surface area (Å²) < 4.78 is 22.2. The molecule has 3 fully saturated rings. The van der Waals surface area contributed by atoms with Crippen LogP contribution in [0.4, 0.5) is 4.39 Å². The summed E-state index contributed by atoms with van der Waals surface area (Å²) in [6.45, 7) is 7.98. The van der Waals surface area contributed by atoms with Gasteiger partial charge in [-0.3, -0.25) is 14.4 Å². The average Bonchev–Trinajstić information content (AvgIpc) is 2.98. The van der Waals surface area contributed by atoms with Crippen molar-refractivity contribution < 1.29 is 33.7 Å². The van der Waals surface area contributed by atoms with E-state index in [4.69, 9.17) is 4.74 Å². The van der Waals surface area contributed by atoms with Crippen LogP contribution in [-0.4, -0.2) is 51.7 Å². The number of hydrogen-bond donors (Lipinski definition) is 2. The van der Waals surface area contributed by atoms with Crippen molar-refractivity contribution in [3.8, 4) is 0 Å². The molecule has 0 radical (unpaired) electrons. The van der Waals surface area contributed by atoms with Gasteiger partial charge in [0.05, 0.1) is 11.5 Å². The highest BCUT2D eigenvalue weighted by Crippen LogP contribution is 2.69. The van der Waals surface area contributed by atoms with E-state index in [9.17, 15) is 24.6 Å². The highest BCUT2D eigenvalue weighted by molar-refractivity contribution is 6.01. The van der Waals surface area contributed by atoms with E-state index in [1.54, 1.807) is 40.7 Å². The maximum absolute atomic E-state index is 17.0. The summed E-state index contributed by atoms with van der Waals surface area (Å²) in [7, 11) is 0. The van der Waals surface area contributed by atoms with Gasteiger partial charge in [0.15, 0.2) is 18.1 Å². The molecule has 33 heavy (non-hydrogen) atoms. The minimum Gasteiger partial charge on any atom is -0.457 e. The van der Waals surface area contributed by atoms with E-state index in [0.717, 1.165) is 0 Å². The fourth-order valence-corrected chi connectivity index (χ4v) is 7.14. The first-order valence-electron chi connectivity index (χ1n) is 11.9. The molecular weight excluding hydrogens is 427 g/mol. The number of ether oxygens (including phenoxy) is 1. The minimum atomic E-state index is -2.01. The van der Waals surface area contributed by atoms with Crippen LogP contribution in [0.25, 0.3) is 0 Å². The highest BCUT2D eigenvalue weighted by Gasteiger charge is 2.74. The van der Waals surface area contributed by atoms with Gasteiger partial charge in [0.25, 0.3) is 0 Å². The number of fused-ring (bicyclic) bond motifs is 5. The maximum Gasteiger partial charge on any atom is 0.311 e. The lowest BCUT2D eigenvalue weighted by atomic mass is 9.44. The molecule has 0 bridgehead atoms. The van der Waals surface area contributed by atoms with Crippen molar-refractivity contribution in [1.29, 1.82) is 0 Å². The lowest BCUT2D eigenvalue weighted by Crippen LogP contribution is -2.69. The fourth-order valence-electron chi connectivity index (χ4n) is 7.14. The van der Waals surface area contributed by atoms with E-state index in [0.29, 0.717) is 24.8 Å². The third-order valence-electron chi connectivity index (χ3n) is 9.20. The Hall–Kier alpha value is -1.86. The van der Waals surface area contributed by atoms with E-state index >= 15 is 4.39 Å². The van der Waals surface area contributed by atoms with Gasteiger partial charge in [-0.25, -0.2) is 4.39 Å². The first-order chi connectivity index (χ1) is 15.1. The third kappa shape index (κ3) is 3.14. The second kappa shape index (κ2) is 7.32. The van der Waals surface area contributed by atoms with Gasteiger partial charge in [0.2, 0.25) is 5.78 Å². The first kappa shape index (κ1) is 24.3. The molecule has 3 saturated carbocycles. The molecule has 7 heteroatoms. The predicted molar refractivity (Wildman–Crippen MR) is 119 cm³/mol. The molecule has 0 heterocycles. The van der Waals surface area contributed by atoms with Crippen LogP contribution in [0, 0.1) is 28.1 Å². The Labute approximate surface area is 194 Å². The number of hydrogen-bond acceptors (Lipinski definition) is 6. The van der Waals surface area contributed by atoms with Gasteiger partial charge >= 0.3 is 5.97 Å². The summed E-state index contributed by atoms with van der Waals surface area (Å²) in [5, 5.41) is 22.9. The highest BCUT2D eigenvalue weighted by atomic mass is 19.1. The van der Waals surface area contributed by atoms with E-state index in [-0.39, 0.29) is 24.5 Å². The number of aliphatic hydroxyl groups excluding tert-OH is 1. The standard InChI is InChI=1S/C26H35FO6/c1-22(2,3)21(31)33-14-20(30)25(32)11-9-17-18-7-6-15-12-16(28)8-10-23(15,4)26(18,27)19(29)13-24(17,25)5/h8,10,12,17-19,29,32H,6-7,9,11,13-14H2,1-5H3/t17-,18-,19-,23-,24-,25-,26-/m0/s1.